The Bertz CT molecular complexity index is 137. The molecule has 0 amide bonds. The van der Waals surface area contributed by atoms with Gasteiger partial charge in [-0.1, -0.05) is 6.92 Å². The highest BCUT2D eigenvalue weighted by atomic mass is 15.0. The van der Waals surface area contributed by atoms with Crippen molar-refractivity contribution in [3.8, 4) is 0 Å². The van der Waals surface area contributed by atoms with Gasteiger partial charge in [-0.05, 0) is 25.7 Å². The standard InChI is InChI=1S/C7H15N3/c1-2-7(4-3-5-7)10-6(8)9/h2-5H2,1H3,(H4,8,9,10). The Labute approximate surface area is 61.5 Å². The first-order chi connectivity index (χ1) is 4.68. The van der Waals surface area contributed by atoms with Gasteiger partial charge in [0, 0.05) is 0 Å². The van der Waals surface area contributed by atoms with Crippen LogP contribution >= 0.6 is 0 Å². The number of guanidine groups is 1. The number of hydrogen-bond acceptors (Lipinski definition) is 1. The second-order valence-corrected chi connectivity index (χ2v) is 2.97. The van der Waals surface area contributed by atoms with Gasteiger partial charge in [0.25, 0.3) is 0 Å². The molecule has 1 saturated carbocycles. The average molecular weight is 141 g/mol. The number of nitrogens with two attached hydrogens (primary N) is 2. The first kappa shape index (κ1) is 7.38. The molecule has 0 atom stereocenters. The monoisotopic (exact) mass is 141 g/mol. The summed E-state index contributed by atoms with van der Waals surface area (Å²) in [7, 11) is 0. The van der Waals surface area contributed by atoms with Crippen LogP contribution in [0.3, 0.4) is 0 Å². The van der Waals surface area contributed by atoms with E-state index in [4.69, 9.17) is 11.5 Å². The molecular weight excluding hydrogens is 126 g/mol. The second-order valence-electron chi connectivity index (χ2n) is 2.97. The fraction of sp³-hybridized carbons (Fsp3) is 0.857. The lowest BCUT2D eigenvalue weighted by molar-refractivity contribution is 0.243. The zero-order valence-electron chi connectivity index (χ0n) is 6.43. The van der Waals surface area contributed by atoms with Crippen LogP contribution in [0.15, 0.2) is 4.99 Å². The van der Waals surface area contributed by atoms with Gasteiger partial charge in [-0.2, -0.15) is 0 Å². The fourth-order valence-electron chi connectivity index (χ4n) is 1.40. The molecule has 0 heterocycles. The van der Waals surface area contributed by atoms with E-state index in [9.17, 15) is 0 Å². The smallest absolute Gasteiger partial charge is 0.186 e. The Morgan fingerprint density at radius 1 is 1.50 bits per heavy atom. The molecule has 1 rings (SSSR count). The van der Waals surface area contributed by atoms with Crippen molar-refractivity contribution in [2.24, 2.45) is 16.5 Å². The number of nitrogens with zero attached hydrogens (tertiary/aromatic N) is 1. The lowest BCUT2D eigenvalue weighted by atomic mass is 9.75. The van der Waals surface area contributed by atoms with Crippen molar-refractivity contribution in [3.63, 3.8) is 0 Å². The molecule has 0 radical (unpaired) electrons. The van der Waals surface area contributed by atoms with Crippen LogP contribution in [0, 0.1) is 0 Å². The highest BCUT2D eigenvalue weighted by Crippen LogP contribution is 2.38. The molecule has 0 aliphatic heterocycles. The Morgan fingerprint density at radius 3 is 2.20 bits per heavy atom. The summed E-state index contributed by atoms with van der Waals surface area (Å²) < 4.78 is 0. The van der Waals surface area contributed by atoms with Crippen molar-refractivity contribution in [1.29, 1.82) is 0 Å². The van der Waals surface area contributed by atoms with Crippen LogP contribution in [0.1, 0.15) is 32.6 Å². The molecule has 58 valence electrons. The Balaban J connectivity index is 2.57. The highest BCUT2D eigenvalue weighted by molar-refractivity contribution is 5.76. The third kappa shape index (κ3) is 1.23. The summed E-state index contributed by atoms with van der Waals surface area (Å²) in [4.78, 5) is 4.20. The van der Waals surface area contributed by atoms with E-state index in [1.165, 1.54) is 6.42 Å². The molecule has 10 heavy (non-hydrogen) atoms. The molecule has 0 aromatic heterocycles. The largest absolute Gasteiger partial charge is 0.370 e. The van der Waals surface area contributed by atoms with Gasteiger partial charge in [-0.25, -0.2) is 4.99 Å². The molecule has 0 bridgehead atoms. The van der Waals surface area contributed by atoms with E-state index >= 15 is 0 Å². The molecular formula is C7H15N3. The molecule has 3 heteroatoms. The van der Waals surface area contributed by atoms with E-state index in [2.05, 4.69) is 11.9 Å². The maximum atomic E-state index is 5.29. The van der Waals surface area contributed by atoms with Crippen molar-refractivity contribution in [2.45, 2.75) is 38.1 Å². The maximum absolute atomic E-state index is 5.29. The number of aliphatic imine (C=N–C) groups is 1. The van der Waals surface area contributed by atoms with E-state index in [0.29, 0.717) is 0 Å². The Morgan fingerprint density at radius 2 is 2.10 bits per heavy atom. The van der Waals surface area contributed by atoms with Crippen LogP contribution in [0.2, 0.25) is 0 Å². The van der Waals surface area contributed by atoms with Gasteiger partial charge in [0.05, 0.1) is 5.54 Å². The predicted molar refractivity (Wildman–Crippen MR) is 42.7 cm³/mol. The maximum Gasteiger partial charge on any atom is 0.186 e. The molecule has 3 nitrogen and oxygen atoms in total. The van der Waals surface area contributed by atoms with Crippen LogP contribution < -0.4 is 11.5 Å². The quantitative estimate of drug-likeness (QED) is 0.436. The van der Waals surface area contributed by atoms with Gasteiger partial charge in [0.1, 0.15) is 0 Å². The van der Waals surface area contributed by atoms with Crippen molar-refractivity contribution >= 4 is 5.96 Å². The molecule has 0 spiro atoms. The van der Waals surface area contributed by atoms with Gasteiger partial charge in [0.15, 0.2) is 5.96 Å². The van der Waals surface area contributed by atoms with E-state index in [0.717, 1.165) is 19.3 Å². The fourth-order valence-corrected chi connectivity index (χ4v) is 1.40. The molecule has 1 aliphatic rings. The normalized spacial score (nSPS) is 21.3. The summed E-state index contributed by atoms with van der Waals surface area (Å²) in [6.07, 6.45) is 4.64. The van der Waals surface area contributed by atoms with E-state index < -0.39 is 0 Å². The minimum atomic E-state index is 0.124. The summed E-state index contributed by atoms with van der Waals surface area (Å²) in [5.41, 5.74) is 10.7. The number of rotatable bonds is 2. The van der Waals surface area contributed by atoms with Crippen molar-refractivity contribution in [2.75, 3.05) is 0 Å². The summed E-state index contributed by atoms with van der Waals surface area (Å²) in [5, 5.41) is 0. The summed E-state index contributed by atoms with van der Waals surface area (Å²) >= 11 is 0. The molecule has 0 unspecified atom stereocenters. The minimum Gasteiger partial charge on any atom is -0.370 e. The second kappa shape index (κ2) is 2.48. The molecule has 4 N–H and O–H groups in total. The summed E-state index contributed by atoms with van der Waals surface area (Å²) in [6.45, 7) is 2.13. The van der Waals surface area contributed by atoms with Gasteiger partial charge < -0.3 is 11.5 Å². The van der Waals surface area contributed by atoms with Crippen LogP contribution in [-0.4, -0.2) is 11.5 Å². The number of hydrogen-bond donors (Lipinski definition) is 2. The lowest BCUT2D eigenvalue weighted by Gasteiger charge is -2.37. The van der Waals surface area contributed by atoms with Gasteiger partial charge >= 0.3 is 0 Å². The minimum absolute atomic E-state index is 0.124. The van der Waals surface area contributed by atoms with Crippen molar-refractivity contribution in [1.82, 2.24) is 0 Å². The molecule has 0 aromatic rings. The Hall–Kier alpha value is -0.730. The van der Waals surface area contributed by atoms with E-state index in [1.54, 1.807) is 0 Å². The van der Waals surface area contributed by atoms with Gasteiger partial charge in [0.2, 0.25) is 0 Å². The first-order valence-electron chi connectivity index (χ1n) is 3.79. The van der Waals surface area contributed by atoms with Crippen LogP contribution in [0.5, 0.6) is 0 Å². The molecule has 1 aliphatic carbocycles. The predicted octanol–water partition coefficient (Wildman–Crippen LogP) is 0.592. The Kier molecular flexibility index (Phi) is 1.83. The van der Waals surface area contributed by atoms with Crippen LogP contribution in [-0.2, 0) is 0 Å². The summed E-state index contributed by atoms with van der Waals surface area (Å²) in [5.74, 6) is 0.238. The van der Waals surface area contributed by atoms with Crippen LogP contribution in [0.25, 0.3) is 0 Å². The van der Waals surface area contributed by atoms with Gasteiger partial charge in [-0.15, -0.1) is 0 Å². The van der Waals surface area contributed by atoms with E-state index in [1.807, 2.05) is 0 Å². The third-order valence-electron chi connectivity index (χ3n) is 2.31. The SMILES string of the molecule is CCC1(N=C(N)N)CCC1. The average Bonchev–Trinajstić information content (AvgIpc) is 1.78. The third-order valence-corrected chi connectivity index (χ3v) is 2.31. The van der Waals surface area contributed by atoms with Crippen molar-refractivity contribution < 1.29 is 0 Å². The van der Waals surface area contributed by atoms with Crippen molar-refractivity contribution in [3.05, 3.63) is 0 Å². The topological polar surface area (TPSA) is 64.4 Å². The molecule has 0 aromatic carbocycles. The first-order valence-corrected chi connectivity index (χ1v) is 3.79. The molecule has 1 fully saturated rings. The zero-order valence-corrected chi connectivity index (χ0v) is 6.43. The summed E-state index contributed by atoms with van der Waals surface area (Å²) in [6, 6.07) is 0. The highest BCUT2D eigenvalue weighted by Gasteiger charge is 2.34. The molecule has 0 saturated heterocycles. The van der Waals surface area contributed by atoms with Crippen LogP contribution in [0.4, 0.5) is 0 Å². The van der Waals surface area contributed by atoms with Gasteiger partial charge in [-0.3, -0.25) is 0 Å². The zero-order chi connectivity index (χ0) is 7.61. The van der Waals surface area contributed by atoms with E-state index in [-0.39, 0.29) is 11.5 Å². The lowest BCUT2D eigenvalue weighted by Crippen LogP contribution is -2.38.